The highest BCUT2D eigenvalue weighted by Gasteiger charge is 2.28. The number of thiophene rings is 1. The number of aryl methyl sites for hydroxylation is 1. The van der Waals surface area contributed by atoms with E-state index in [1.54, 1.807) is 6.07 Å². The van der Waals surface area contributed by atoms with Gasteiger partial charge in [-0.25, -0.2) is 0 Å². The number of hydrogen-bond acceptors (Lipinski definition) is 3. The fourth-order valence-electron chi connectivity index (χ4n) is 1.17. The van der Waals surface area contributed by atoms with Crippen molar-refractivity contribution in [1.82, 2.24) is 5.32 Å². The van der Waals surface area contributed by atoms with Crippen molar-refractivity contribution in [3.63, 3.8) is 0 Å². The zero-order valence-corrected chi connectivity index (χ0v) is 9.45. The summed E-state index contributed by atoms with van der Waals surface area (Å²) in [6.45, 7) is 0.810. The van der Waals surface area contributed by atoms with Crippen LogP contribution in [0, 0.1) is 11.3 Å². The lowest BCUT2D eigenvalue weighted by Crippen LogP contribution is -2.31. The maximum atomic E-state index is 12.0. The monoisotopic (exact) mass is 248 g/mol. The van der Waals surface area contributed by atoms with Crippen LogP contribution in [-0.4, -0.2) is 12.7 Å². The molecule has 0 aromatic carbocycles. The van der Waals surface area contributed by atoms with Crippen molar-refractivity contribution in [3.8, 4) is 6.07 Å². The Morgan fingerprint density at radius 1 is 1.50 bits per heavy atom. The second-order valence-electron chi connectivity index (χ2n) is 3.22. The van der Waals surface area contributed by atoms with Gasteiger partial charge in [0.05, 0.1) is 12.6 Å². The van der Waals surface area contributed by atoms with E-state index < -0.39 is 18.8 Å². The molecule has 0 aliphatic rings. The molecular weight excluding hydrogens is 237 g/mol. The molecule has 88 valence electrons. The van der Waals surface area contributed by atoms with Gasteiger partial charge in [-0.1, -0.05) is 6.92 Å². The Bertz CT molecular complexity index is 378. The van der Waals surface area contributed by atoms with Gasteiger partial charge in [-0.15, -0.1) is 11.3 Å². The van der Waals surface area contributed by atoms with E-state index in [4.69, 9.17) is 5.26 Å². The van der Waals surface area contributed by atoms with Gasteiger partial charge < -0.3 is 0 Å². The summed E-state index contributed by atoms with van der Waals surface area (Å²) in [6, 6.07) is 4.47. The normalized spacial score (nSPS) is 13.4. The second kappa shape index (κ2) is 5.32. The van der Waals surface area contributed by atoms with E-state index >= 15 is 0 Å². The number of nitriles is 1. The zero-order valence-electron chi connectivity index (χ0n) is 8.64. The number of halogens is 3. The average molecular weight is 248 g/mol. The molecule has 1 N–H and O–H groups in total. The fraction of sp³-hybridized carbons (Fsp3) is 0.500. The summed E-state index contributed by atoms with van der Waals surface area (Å²) in [5.74, 6) is 0. The molecule has 6 heteroatoms. The highest BCUT2D eigenvalue weighted by Crippen LogP contribution is 2.24. The topological polar surface area (TPSA) is 35.8 Å². The lowest BCUT2D eigenvalue weighted by atomic mass is 10.2. The van der Waals surface area contributed by atoms with E-state index in [9.17, 15) is 13.2 Å². The van der Waals surface area contributed by atoms with Gasteiger partial charge in [0, 0.05) is 9.75 Å². The van der Waals surface area contributed by atoms with E-state index in [-0.39, 0.29) is 0 Å². The van der Waals surface area contributed by atoms with Crippen LogP contribution in [0.25, 0.3) is 0 Å². The SMILES string of the molecule is CCc1ccc(C(C#N)NCC(F)(F)F)s1. The van der Waals surface area contributed by atoms with Crippen molar-refractivity contribution in [1.29, 1.82) is 5.26 Å². The quantitative estimate of drug-likeness (QED) is 0.889. The molecule has 0 bridgehead atoms. The first-order valence-electron chi connectivity index (χ1n) is 4.74. The van der Waals surface area contributed by atoms with E-state index in [0.29, 0.717) is 4.88 Å². The average Bonchev–Trinajstić information content (AvgIpc) is 2.65. The van der Waals surface area contributed by atoms with Crippen LogP contribution >= 0.6 is 11.3 Å². The van der Waals surface area contributed by atoms with E-state index in [2.05, 4.69) is 5.32 Å². The van der Waals surface area contributed by atoms with Crippen LogP contribution in [0.3, 0.4) is 0 Å². The van der Waals surface area contributed by atoms with E-state index in [0.717, 1.165) is 11.3 Å². The molecule has 2 nitrogen and oxygen atoms in total. The summed E-state index contributed by atoms with van der Waals surface area (Å²) in [4.78, 5) is 1.69. The third-order valence-electron chi connectivity index (χ3n) is 1.95. The van der Waals surface area contributed by atoms with Crippen LogP contribution in [-0.2, 0) is 6.42 Å². The van der Waals surface area contributed by atoms with Crippen LogP contribution in [0.1, 0.15) is 22.7 Å². The summed E-state index contributed by atoms with van der Waals surface area (Å²) >= 11 is 1.36. The lowest BCUT2D eigenvalue weighted by molar-refractivity contribution is -0.125. The van der Waals surface area contributed by atoms with Crippen molar-refractivity contribution >= 4 is 11.3 Å². The number of nitrogens with zero attached hydrogens (tertiary/aromatic N) is 1. The predicted molar refractivity (Wildman–Crippen MR) is 56.1 cm³/mol. The Kier molecular flexibility index (Phi) is 4.33. The number of nitrogens with one attached hydrogen (secondary N) is 1. The van der Waals surface area contributed by atoms with Gasteiger partial charge >= 0.3 is 6.18 Å². The highest BCUT2D eigenvalue weighted by atomic mass is 32.1. The summed E-state index contributed by atoms with van der Waals surface area (Å²) in [5.41, 5.74) is 0. The standard InChI is InChI=1S/C10H11F3N2S/c1-2-7-3-4-9(16-7)8(5-14)15-6-10(11,12)13/h3-4,8,15H,2,6H2,1H3. The van der Waals surface area contributed by atoms with Gasteiger partial charge in [-0.3, -0.25) is 5.32 Å². The van der Waals surface area contributed by atoms with Gasteiger partial charge in [0.25, 0.3) is 0 Å². The largest absolute Gasteiger partial charge is 0.401 e. The molecule has 0 aliphatic carbocycles. The first-order valence-corrected chi connectivity index (χ1v) is 5.56. The molecular formula is C10H11F3N2S. The maximum Gasteiger partial charge on any atom is 0.401 e. The van der Waals surface area contributed by atoms with Crippen molar-refractivity contribution in [2.24, 2.45) is 0 Å². The first kappa shape index (κ1) is 13.0. The molecule has 0 aliphatic heterocycles. The van der Waals surface area contributed by atoms with Gasteiger partial charge in [-0.2, -0.15) is 18.4 Å². The molecule has 0 amide bonds. The molecule has 0 saturated heterocycles. The molecule has 1 heterocycles. The number of rotatable bonds is 4. The van der Waals surface area contributed by atoms with E-state index in [1.807, 2.05) is 19.1 Å². The Hall–Kier alpha value is -1.06. The molecule has 0 spiro atoms. The third kappa shape index (κ3) is 3.83. The Balaban J connectivity index is 2.65. The highest BCUT2D eigenvalue weighted by molar-refractivity contribution is 7.12. The Morgan fingerprint density at radius 2 is 2.19 bits per heavy atom. The molecule has 1 atom stereocenters. The summed E-state index contributed by atoms with van der Waals surface area (Å²) in [7, 11) is 0. The van der Waals surface area contributed by atoms with Gasteiger partial charge in [0.2, 0.25) is 0 Å². The number of alkyl halides is 3. The maximum absolute atomic E-state index is 12.0. The summed E-state index contributed by atoms with van der Waals surface area (Å²) < 4.78 is 35.9. The molecule has 1 aromatic rings. The fourth-order valence-corrected chi connectivity index (χ4v) is 2.14. The van der Waals surface area contributed by atoms with Crippen LogP contribution in [0.4, 0.5) is 13.2 Å². The van der Waals surface area contributed by atoms with Gasteiger partial charge in [-0.05, 0) is 18.6 Å². The second-order valence-corrected chi connectivity index (χ2v) is 4.42. The molecule has 1 rings (SSSR count). The molecule has 16 heavy (non-hydrogen) atoms. The minimum atomic E-state index is -4.29. The minimum Gasteiger partial charge on any atom is -0.289 e. The summed E-state index contributed by atoms with van der Waals surface area (Å²) in [5, 5.41) is 11.0. The van der Waals surface area contributed by atoms with Gasteiger partial charge in [0.15, 0.2) is 0 Å². The van der Waals surface area contributed by atoms with Gasteiger partial charge in [0.1, 0.15) is 6.04 Å². The minimum absolute atomic E-state index is 0.628. The summed E-state index contributed by atoms with van der Waals surface area (Å²) in [6.07, 6.45) is -3.47. The zero-order chi connectivity index (χ0) is 12.2. The third-order valence-corrected chi connectivity index (χ3v) is 3.25. The van der Waals surface area contributed by atoms with Crippen molar-refractivity contribution in [3.05, 3.63) is 21.9 Å². The van der Waals surface area contributed by atoms with Crippen LogP contribution in [0.2, 0.25) is 0 Å². The molecule has 1 unspecified atom stereocenters. The van der Waals surface area contributed by atoms with E-state index in [1.165, 1.54) is 11.3 Å². The number of hydrogen-bond donors (Lipinski definition) is 1. The molecule has 0 saturated carbocycles. The van der Waals surface area contributed by atoms with Crippen LogP contribution < -0.4 is 5.32 Å². The smallest absolute Gasteiger partial charge is 0.289 e. The molecule has 1 aromatic heterocycles. The Morgan fingerprint density at radius 3 is 2.62 bits per heavy atom. The lowest BCUT2D eigenvalue weighted by Gasteiger charge is -2.11. The van der Waals surface area contributed by atoms with Crippen molar-refractivity contribution in [2.75, 3.05) is 6.54 Å². The van der Waals surface area contributed by atoms with Crippen molar-refractivity contribution < 1.29 is 13.2 Å². The predicted octanol–water partition coefficient (Wildman–Crippen LogP) is 3.03. The van der Waals surface area contributed by atoms with Crippen molar-refractivity contribution in [2.45, 2.75) is 25.6 Å². The Labute approximate surface area is 95.7 Å². The molecule has 0 fully saturated rings. The van der Waals surface area contributed by atoms with Crippen LogP contribution in [0.5, 0.6) is 0 Å². The molecule has 0 radical (unpaired) electrons. The van der Waals surface area contributed by atoms with Crippen LogP contribution in [0.15, 0.2) is 12.1 Å². The first-order chi connectivity index (χ1) is 7.46.